The van der Waals surface area contributed by atoms with Crippen molar-refractivity contribution in [1.82, 2.24) is 15.1 Å². The minimum atomic E-state index is -0.420. The van der Waals surface area contributed by atoms with E-state index in [1.165, 1.54) is 0 Å². The highest BCUT2D eigenvalue weighted by atomic mass is 16.5. The van der Waals surface area contributed by atoms with Crippen LogP contribution < -0.4 is 5.32 Å². The van der Waals surface area contributed by atoms with Gasteiger partial charge in [0.15, 0.2) is 0 Å². The van der Waals surface area contributed by atoms with E-state index >= 15 is 0 Å². The molecule has 0 bridgehead atoms. The predicted octanol–water partition coefficient (Wildman–Crippen LogP) is 0.988. The molecular weight excluding hydrogens is 310 g/mol. The van der Waals surface area contributed by atoms with Crippen LogP contribution in [0.1, 0.15) is 29.8 Å². The van der Waals surface area contributed by atoms with Crippen molar-refractivity contribution in [3.63, 3.8) is 0 Å². The molecular formula is C17H21N3O4. The molecule has 7 heteroatoms. The Morgan fingerprint density at radius 1 is 1.21 bits per heavy atom. The van der Waals surface area contributed by atoms with E-state index in [4.69, 9.17) is 4.74 Å². The van der Waals surface area contributed by atoms with E-state index in [0.29, 0.717) is 24.2 Å². The third kappa shape index (κ3) is 3.26. The molecule has 2 fully saturated rings. The van der Waals surface area contributed by atoms with Crippen molar-refractivity contribution < 1.29 is 19.1 Å². The summed E-state index contributed by atoms with van der Waals surface area (Å²) >= 11 is 0. The summed E-state index contributed by atoms with van der Waals surface area (Å²) in [5, 5.41) is 2.49. The first-order chi connectivity index (χ1) is 11.5. The molecule has 1 aromatic rings. The van der Waals surface area contributed by atoms with Gasteiger partial charge < -0.3 is 15.0 Å². The Morgan fingerprint density at radius 2 is 1.88 bits per heavy atom. The van der Waals surface area contributed by atoms with Gasteiger partial charge in [0.05, 0.1) is 25.3 Å². The molecule has 0 radical (unpaired) electrons. The summed E-state index contributed by atoms with van der Waals surface area (Å²) in [5.41, 5.74) is 1.19. The van der Waals surface area contributed by atoms with Crippen LogP contribution >= 0.6 is 0 Å². The Balaban J connectivity index is 1.82. The largest absolute Gasteiger partial charge is 0.372 e. The lowest BCUT2D eigenvalue weighted by atomic mass is 10.0. The molecule has 1 aromatic carbocycles. The van der Waals surface area contributed by atoms with Crippen LogP contribution in [0.2, 0.25) is 0 Å². The zero-order valence-corrected chi connectivity index (χ0v) is 13.8. The summed E-state index contributed by atoms with van der Waals surface area (Å²) in [4.78, 5) is 39.3. The molecule has 128 valence electrons. The highest BCUT2D eigenvalue weighted by molar-refractivity contribution is 6.02. The zero-order valence-electron chi connectivity index (χ0n) is 13.8. The number of morpholine rings is 1. The Labute approximate surface area is 140 Å². The number of imide groups is 1. The maximum absolute atomic E-state index is 12.9. The number of carbonyl (C=O) groups excluding carboxylic acids is 3. The summed E-state index contributed by atoms with van der Waals surface area (Å²) in [6.45, 7) is 5.04. The van der Waals surface area contributed by atoms with E-state index in [2.05, 4.69) is 5.32 Å². The topological polar surface area (TPSA) is 79.0 Å². The maximum Gasteiger partial charge on any atom is 0.324 e. The highest BCUT2D eigenvalue weighted by Gasteiger charge is 2.31. The van der Waals surface area contributed by atoms with Crippen LogP contribution in [0.15, 0.2) is 24.3 Å². The molecule has 1 N–H and O–H groups in total. The van der Waals surface area contributed by atoms with Gasteiger partial charge in [-0.2, -0.15) is 0 Å². The lowest BCUT2D eigenvalue weighted by Gasteiger charge is -2.35. The van der Waals surface area contributed by atoms with Crippen LogP contribution in [0, 0.1) is 0 Å². The van der Waals surface area contributed by atoms with E-state index in [9.17, 15) is 14.4 Å². The molecule has 2 atom stereocenters. The quantitative estimate of drug-likeness (QED) is 0.838. The smallest absolute Gasteiger partial charge is 0.324 e. The van der Waals surface area contributed by atoms with Gasteiger partial charge in [0, 0.05) is 18.7 Å². The minimum Gasteiger partial charge on any atom is -0.372 e. The number of ether oxygens (including phenoxy) is 1. The second-order valence-corrected chi connectivity index (χ2v) is 6.26. The average Bonchev–Trinajstić information content (AvgIpc) is 2.86. The number of amides is 4. The van der Waals surface area contributed by atoms with E-state index < -0.39 is 6.03 Å². The first-order valence-electron chi connectivity index (χ1n) is 8.06. The average molecular weight is 331 g/mol. The van der Waals surface area contributed by atoms with Crippen molar-refractivity contribution in [3.05, 3.63) is 35.4 Å². The van der Waals surface area contributed by atoms with Gasteiger partial charge in [-0.25, -0.2) is 4.79 Å². The molecule has 2 heterocycles. The Bertz CT molecular complexity index is 650. The molecule has 24 heavy (non-hydrogen) atoms. The van der Waals surface area contributed by atoms with Crippen LogP contribution in [0.25, 0.3) is 0 Å². The van der Waals surface area contributed by atoms with Crippen molar-refractivity contribution in [2.75, 3.05) is 19.6 Å². The number of hydrogen-bond donors (Lipinski definition) is 1. The second kappa shape index (κ2) is 6.60. The van der Waals surface area contributed by atoms with Crippen molar-refractivity contribution in [2.45, 2.75) is 32.6 Å². The van der Waals surface area contributed by atoms with Crippen LogP contribution in [0.4, 0.5) is 4.79 Å². The Morgan fingerprint density at radius 3 is 2.50 bits per heavy atom. The number of nitrogens with zero attached hydrogens (tertiary/aromatic N) is 2. The van der Waals surface area contributed by atoms with Crippen LogP contribution in [0.3, 0.4) is 0 Å². The fourth-order valence-corrected chi connectivity index (χ4v) is 3.17. The van der Waals surface area contributed by atoms with Crippen molar-refractivity contribution >= 4 is 17.8 Å². The number of hydrogen-bond acceptors (Lipinski definition) is 4. The number of urea groups is 1. The molecule has 2 aliphatic heterocycles. The van der Waals surface area contributed by atoms with Gasteiger partial charge in [0.1, 0.15) is 0 Å². The van der Waals surface area contributed by atoms with Gasteiger partial charge in [-0.3, -0.25) is 14.5 Å². The summed E-state index contributed by atoms with van der Waals surface area (Å²) in [6.07, 6.45) is -0.0356. The number of rotatable bonds is 3. The van der Waals surface area contributed by atoms with E-state index in [1.54, 1.807) is 29.2 Å². The molecule has 2 saturated heterocycles. The lowest BCUT2D eigenvalue weighted by Crippen LogP contribution is -2.48. The van der Waals surface area contributed by atoms with Crippen molar-refractivity contribution in [1.29, 1.82) is 0 Å². The fourth-order valence-electron chi connectivity index (χ4n) is 3.17. The van der Waals surface area contributed by atoms with Gasteiger partial charge in [-0.1, -0.05) is 18.2 Å². The van der Waals surface area contributed by atoms with Crippen LogP contribution in [-0.2, 0) is 16.1 Å². The standard InChI is InChI=1S/C17H21N3O4/c1-11-8-19(9-12(2)24-11)16(22)14-6-4-3-5-13(14)10-20-15(21)7-18-17(20)23/h3-6,11-12H,7-10H2,1-2H3,(H,18,23)/t11-,12+. The first-order valence-corrected chi connectivity index (χ1v) is 8.06. The van der Waals surface area contributed by atoms with E-state index in [1.807, 2.05) is 13.8 Å². The summed E-state index contributed by atoms with van der Waals surface area (Å²) in [6, 6.07) is 6.68. The monoisotopic (exact) mass is 331 g/mol. The Hall–Kier alpha value is -2.41. The summed E-state index contributed by atoms with van der Waals surface area (Å²) in [5.74, 6) is -0.379. The normalized spacial score (nSPS) is 24.2. The second-order valence-electron chi connectivity index (χ2n) is 6.26. The fraction of sp³-hybridized carbons (Fsp3) is 0.471. The summed E-state index contributed by atoms with van der Waals surface area (Å²) < 4.78 is 5.67. The SMILES string of the molecule is C[C@@H]1CN(C(=O)c2ccccc2CN2C(=O)CNC2=O)C[C@H](C)O1. The van der Waals surface area contributed by atoms with Crippen LogP contribution in [0.5, 0.6) is 0 Å². The number of benzene rings is 1. The number of carbonyl (C=O) groups is 3. The van der Waals surface area contributed by atoms with Gasteiger partial charge in [0.25, 0.3) is 5.91 Å². The molecule has 4 amide bonds. The summed E-state index contributed by atoms with van der Waals surface area (Å²) in [7, 11) is 0. The molecule has 3 rings (SSSR count). The predicted molar refractivity (Wildman–Crippen MR) is 86.3 cm³/mol. The third-order valence-electron chi connectivity index (χ3n) is 4.22. The van der Waals surface area contributed by atoms with Gasteiger partial charge in [-0.05, 0) is 25.5 Å². The number of nitrogens with one attached hydrogen (secondary N) is 1. The molecule has 7 nitrogen and oxygen atoms in total. The maximum atomic E-state index is 12.9. The van der Waals surface area contributed by atoms with Crippen molar-refractivity contribution in [3.8, 4) is 0 Å². The lowest BCUT2D eigenvalue weighted by molar-refractivity contribution is -0.125. The van der Waals surface area contributed by atoms with E-state index in [-0.39, 0.29) is 37.1 Å². The molecule has 0 saturated carbocycles. The minimum absolute atomic E-state index is 0.00738. The third-order valence-corrected chi connectivity index (χ3v) is 4.22. The van der Waals surface area contributed by atoms with Crippen molar-refractivity contribution in [2.24, 2.45) is 0 Å². The zero-order chi connectivity index (χ0) is 17.3. The van der Waals surface area contributed by atoms with Gasteiger partial charge in [-0.15, -0.1) is 0 Å². The molecule has 0 spiro atoms. The molecule has 0 aliphatic carbocycles. The van der Waals surface area contributed by atoms with E-state index in [0.717, 1.165) is 4.90 Å². The van der Waals surface area contributed by atoms with Crippen LogP contribution in [-0.4, -0.2) is 59.5 Å². The first kappa shape index (κ1) is 16.4. The Kier molecular flexibility index (Phi) is 4.53. The van der Waals surface area contributed by atoms with Gasteiger partial charge >= 0.3 is 6.03 Å². The molecule has 2 aliphatic rings. The van der Waals surface area contributed by atoms with Gasteiger partial charge in [0.2, 0.25) is 5.91 Å². The molecule has 0 unspecified atom stereocenters. The highest BCUT2D eigenvalue weighted by Crippen LogP contribution is 2.19. The molecule has 0 aromatic heterocycles.